The van der Waals surface area contributed by atoms with E-state index in [4.69, 9.17) is 0 Å². The molecule has 3 rings (SSSR count). The molecule has 2 aromatic rings. The number of aromatic nitrogens is 1. The van der Waals surface area contributed by atoms with Gasteiger partial charge >= 0.3 is 5.97 Å². The number of halogens is 1. The zero-order valence-electron chi connectivity index (χ0n) is 13.6. The first kappa shape index (κ1) is 18.1. The molecular formula is C18H19BrN2O3S. The highest BCUT2D eigenvalue weighted by molar-refractivity contribution is 9.10. The Balaban J connectivity index is 1.67. The van der Waals surface area contributed by atoms with Gasteiger partial charge in [0.25, 0.3) is 5.91 Å². The van der Waals surface area contributed by atoms with Gasteiger partial charge < -0.3 is 10.4 Å². The molecular weight excluding hydrogens is 404 g/mol. The number of benzene rings is 1. The van der Waals surface area contributed by atoms with Gasteiger partial charge in [-0.25, -0.2) is 0 Å². The van der Waals surface area contributed by atoms with Gasteiger partial charge in [0.2, 0.25) is 0 Å². The number of rotatable bonds is 5. The van der Waals surface area contributed by atoms with E-state index < -0.39 is 11.4 Å². The Morgan fingerprint density at radius 2 is 1.88 bits per heavy atom. The number of carboxylic acid groups (broad SMARTS) is 1. The van der Waals surface area contributed by atoms with Crippen molar-refractivity contribution >= 4 is 39.3 Å². The molecule has 0 radical (unpaired) electrons. The molecule has 1 aromatic carbocycles. The Hall–Kier alpha value is -1.73. The number of nitrogens with zero attached hydrogens (tertiary/aromatic N) is 1. The number of carboxylic acids is 1. The first-order valence-corrected chi connectivity index (χ1v) is 9.81. The lowest BCUT2D eigenvalue weighted by Gasteiger charge is -2.33. The Kier molecular flexibility index (Phi) is 5.54. The van der Waals surface area contributed by atoms with Gasteiger partial charge in [-0.2, -0.15) is 4.37 Å². The van der Waals surface area contributed by atoms with Crippen LogP contribution in [0.15, 0.2) is 34.8 Å². The molecule has 1 fully saturated rings. The smallest absolute Gasteiger partial charge is 0.311 e. The molecule has 25 heavy (non-hydrogen) atoms. The topological polar surface area (TPSA) is 79.3 Å². The van der Waals surface area contributed by atoms with Crippen molar-refractivity contribution < 1.29 is 14.7 Å². The van der Waals surface area contributed by atoms with E-state index in [1.165, 1.54) is 0 Å². The Morgan fingerprint density at radius 3 is 2.52 bits per heavy atom. The summed E-state index contributed by atoms with van der Waals surface area (Å²) in [5.74, 6) is -1.07. The largest absolute Gasteiger partial charge is 0.481 e. The quantitative estimate of drug-likeness (QED) is 0.750. The molecule has 0 spiro atoms. The average Bonchev–Trinajstić information content (AvgIpc) is 3.11. The van der Waals surface area contributed by atoms with Gasteiger partial charge in [0.1, 0.15) is 4.88 Å². The Bertz CT molecular complexity index is 767. The number of carbonyl (C=O) groups is 2. The number of carbonyl (C=O) groups excluding carboxylic acids is 1. The van der Waals surface area contributed by atoms with Crippen molar-refractivity contribution in [3.05, 3.63) is 39.7 Å². The van der Waals surface area contributed by atoms with Crippen LogP contribution in [-0.2, 0) is 4.79 Å². The summed E-state index contributed by atoms with van der Waals surface area (Å²) in [6, 6.07) is 9.46. The minimum absolute atomic E-state index is 0.173. The maximum Gasteiger partial charge on any atom is 0.311 e. The van der Waals surface area contributed by atoms with E-state index in [2.05, 4.69) is 25.6 Å². The summed E-state index contributed by atoms with van der Waals surface area (Å²) >= 11 is 4.52. The summed E-state index contributed by atoms with van der Waals surface area (Å²) in [6.45, 7) is 0.173. The van der Waals surface area contributed by atoms with Gasteiger partial charge in [0, 0.05) is 16.6 Å². The molecule has 7 heteroatoms. The first-order valence-electron chi connectivity index (χ1n) is 8.24. The van der Waals surface area contributed by atoms with E-state index in [1.807, 2.05) is 24.3 Å². The van der Waals surface area contributed by atoms with E-state index in [0.717, 1.165) is 46.5 Å². The summed E-state index contributed by atoms with van der Waals surface area (Å²) in [5, 5.41) is 12.4. The van der Waals surface area contributed by atoms with Crippen molar-refractivity contribution in [1.29, 1.82) is 0 Å². The second-order valence-electron chi connectivity index (χ2n) is 6.41. The van der Waals surface area contributed by atoms with Gasteiger partial charge in [0.05, 0.1) is 11.1 Å². The molecule has 5 nitrogen and oxygen atoms in total. The fourth-order valence-corrected chi connectivity index (χ4v) is 4.11. The average molecular weight is 423 g/mol. The van der Waals surface area contributed by atoms with Crippen LogP contribution < -0.4 is 5.32 Å². The standard InChI is InChI=1S/C18H19BrN2O3S/c19-13-6-4-12(5-7-13)14-10-15(25-21-14)16(22)20-11-18(17(23)24)8-2-1-3-9-18/h4-7,10H,1-3,8-9,11H2,(H,20,22)(H,23,24). The van der Waals surface area contributed by atoms with Crippen LogP contribution in [0.25, 0.3) is 11.3 Å². The van der Waals surface area contributed by atoms with Crippen molar-refractivity contribution in [2.24, 2.45) is 5.41 Å². The van der Waals surface area contributed by atoms with Crippen molar-refractivity contribution in [1.82, 2.24) is 9.69 Å². The third-order valence-corrected chi connectivity index (χ3v) is 6.04. The number of hydrogen-bond acceptors (Lipinski definition) is 4. The normalized spacial score (nSPS) is 16.4. The van der Waals surface area contributed by atoms with E-state index in [-0.39, 0.29) is 12.5 Å². The molecule has 0 aliphatic heterocycles. The second kappa shape index (κ2) is 7.66. The summed E-state index contributed by atoms with van der Waals surface area (Å²) in [7, 11) is 0. The highest BCUT2D eigenvalue weighted by Crippen LogP contribution is 2.36. The third kappa shape index (κ3) is 4.10. The molecule has 0 bridgehead atoms. The van der Waals surface area contributed by atoms with E-state index >= 15 is 0 Å². The maximum atomic E-state index is 12.4. The lowest BCUT2D eigenvalue weighted by atomic mass is 9.74. The van der Waals surface area contributed by atoms with Crippen molar-refractivity contribution in [3.63, 3.8) is 0 Å². The number of aliphatic carboxylic acids is 1. The van der Waals surface area contributed by atoms with E-state index in [1.54, 1.807) is 6.07 Å². The first-order chi connectivity index (χ1) is 12.0. The van der Waals surface area contributed by atoms with Crippen LogP contribution in [0.5, 0.6) is 0 Å². The van der Waals surface area contributed by atoms with Gasteiger partial charge in [-0.15, -0.1) is 0 Å². The summed E-state index contributed by atoms with van der Waals surface area (Å²) in [4.78, 5) is 24.6. The minimum Gasteiger partial charge on any atom is -0.481 e. The van der Waals surface area contributed by atoms with Crippen LogP contribution in [0.4, 0.5) is 0 Å². The molecule has 0 saturated heterocycles. The fourth-order valence-electron chi connectivity index (χ4n) is 3.17. The van der Waals surface area contributed by atoms with Crippen LogP contribution >= 0.6 is 27.5 Å². The fraction of sp³-hybridized carbons (Fsp3) is 0.389. The predicted molar refractivity (Wildman–Crippen MR) is 101 cm³/mol. The number of amides is 1. The zero-order valence-corrected chi connectivity index (χ0v) is 16.0. The molecule has 1 saturated carbocycles. The lowest BCUT2D eigenvalue weighted by Crippen LogP contribution is -2.44. The number of hydrogen-bond donors (Lipinski definition) is 2. The van der Waals surface area contributed by atoms with Crippen LogP contribution in [0.1, 0.15) is 41.8 Å². The molecule has 1 aliphatic carbocycles. The molecule has 1 aromatic heterocycles. The highest BCUT2D eigenvalue weighted by atomic mass is 79.9. The van der Waals surface area contributed by atoms with Crippen molar-refractivity contribution in [2.45, 2.75) is 32.1 Å². The lowest BCUT2D eigenvalue weighted by molar-refractivity contribution is -0.150. The minimum atomic E-state index is -0.826. The van der Waals surface area contributed by atoms with E-state index in [0.29, 0.717) is 17.7 Å². The molecule has 1 aliphatic rings. The van der Waals surface area contributed by atoms with Crippen LogP contribution in [0.2, 0.25) is 0 Å². The summed E-state index contributed by atoms with van der Waals surface area (Å²) in [5.41, 5.74) is 0.855. The molecule has 2 N–H and O–H groups in total. The third-order valence-electron chi connectivity index (χ3n) is 4.73. The monoisotopic (exact) mass is 422 g/mol. The van der Waals surface area contributed by atoms with Crippen LogP contribution in [0.3, 0.4) is 0 Å². The molecule has 0 atom stereocenters. The highest BCUT2D eigenvalue weighted by Gasteiger charge is 2.39. The summed E-state index contributed by atoms with van der Waals surface area (Å²) in [6.07, 6.45) is 4.10. The zero-order chi connectivity index (χ0) is 17.9. The molecule has 132 valence electrons. The van der Waals surface area contributed by atoms with Crippen molar-refractivity contribution in [3.8, 4) is 11.3 Å². The predicted octanol–water partition coefficient (Wildman–Crippen LogP) is 4.34. The van der Waals surface area contributed by atoms with Crippen molar-refractivity contribution in [2.75, 3.05) is 6.54 Å². The number of nitrogens with one attached hydrogen (secondary N) is 1. The van der Waals surface area contributed by atoms with Gasteiger partial charge in [0.15, 0.2) is 0 Å². The molecule has 1 heterocycles. The van der Waals surface area contributed by atoms with Gasteiger partial charge in [-0.1, -0.05) is 47.3 Å². The van der Waals surface area contributed by atoms with Gasteiger partial charge in [-0.05, 0) is 42.6 Å². The molecule has 0 unspecified atom stereocenters. The van der Waals surface area contributed by atoms with Crippen LogP contribution in [0, 0.1) is 5.41 Å². The van der Waals surface area contributed by atoms with E-state index in [9.17, 15) is 14.7 Å². The SMILES string of the molecule is O=C(NCC1(C(=O)O)CCCCC1)c1cc(-c2ccc(Br)cc2)ns1. The Labute approximate surface area is 158 Å². The van der Waals surface area contributed by atoms with Gasteiger partial charge in [-0.3, -0.25) is 9.59 Å². The van der Waals surface area contributed by atoms with Crippen LogP contribution in [-0.4, -0.2) is 27.9 Å². The maximum absolute atomic E-state index is 12.4. The summed E-state index contributed by atoms with van der Waals surface area (Å²) < 4.78 is 5.32. The molecule has 1 amide bonds. The second-order valence-corrected chi connectivity index (χ2v) is 8.13. The Morgan fingerprint density at radius 1 is 1.20 bits per heavy atom.